The predicted molar refractivity (Wildman–Crippen MR) is 67.9 cm³/mol. The summed E-state index contributed by atoms with van der Waals surface area (Å²) in [7, 11) is 0. The van der Waals surface area contributed by atoms with Gasteiger partial charge in [-0.15, -0.1) is 0 Å². The number of carbonyl (C=O) groups excluding carboxylic acids is 1. The molecule has 4 heteroatoms. The Balaban J connectivity index is 2.07. The van der Waals surface area contributed by atoms with Crippen LogP contribution in [0.15, 0.2) is 12.1 Å². The van der Waals surface area contributed by atoms with Gasteiger partial charge in [-0.3, -0.25) is 4.79 Å². The number of hydrogen-bond donors (Lipinski definition) is 2. The number of aromatic nitrogens is 1. The lowest BCUT2D eigenvalue weighted by Gasteiger charge is -2.14. The fourth-order valence-electron chi connectivity index (χ4n) is 2.34. The van der Waals surface area contributed by atoms with Gasteiger partial charge < -0.3 is 10.6 Å². The van der Waals surface area contributed by atoms with E-state index < -0.39 is 0 Å². The lowest BCUT2D eigenvalue weighted by Crippen LogP contribution is -2.32. The Morgan fingerprint density at radius 1 is 1.47 bits per heavy atom. The van der Waals surface area contributed by atoms with Gasteiger partial charge in [-0.1, -0.05) is 0 Å². The normalized spacial score (nSPS) is 23.7. The highest BCUT2D eigenvalue weighted by molar-refractivity contribution is 5.92. The SMILES string of the molecule is Cc1cc(C)nc(NC(=O)C2CCNC2C)c1. The minimum Gasteiger partial charge on any atom is -0.313 e. The zero-order valence-corrected chi connectivity index (χ0v) is 10.6. The highest BCUT2D eigenvalue weighted by atomic mass is 16.2. The molecule has 0 bridgehead atoms. The van der Waals surface area contributed by atoms with Gasteiger partial charge in [-0.05, 0) is 51.4 Å². The second-order valence-corrected chi connectivity index (χ2v) is 4.80. The van der Waals surface area contributed by atoms with Gasteiger partial charge in [-0.25, -0.2) is 4.98 Å². The largest absolute Gasteiger partial charge is 0.313 e. The molecule has 1 saturated heterocycles. The summed E-state index contributed by atoms with van der Waals surface area (Å²) in [6.07, 6.45) is 0.901. The summed E-state index contributed by atoms with van der Waals surface area (Å²) in [5, 5.41) is 6.18. The second kappa shape index (κ2) is 4.84. The molecule has 2 N–H and O–H groups in total. The van der Waals surface area contributed by atoms with Crippen LogP contribution in [0.1, 0.15) is 24.6 Å². The fourth-order valence-corrected chi connectivity index (χ4v) is 2.34. The third-order valence-corrected chi connectivity index (χ3v) is 3.21. The standard InChI is InChI=1S/C13H19N3O/c1-8-6-9(2)15-12(7-8)16-13(17)11-4-5-14-10(11)3/h6-7,10-11,14H,4-5H2,1-3H3,(H,15,16,17). The third kappa shape index (κ3) is 2.82. The number of aryl methyl sites for hydroxylation is 2. The van der Waals surface area contributed by atoms with Crippen molar-refractivity contribution in [2.45, 2.75) is 33.2 Å². The van der Waals surface area contributed by atoms with E-state index in [0.717, 1.165) is 24.2 Å². The van der Waals surface area contributed by atoms with E-state index in [1.54, 1.807) is 0 Å². The van der Waals surface area contributed by atoms with Gasteiger partial charge >= 0.3 is 0 Å². The van der Waals surface area contributed by atoms with E-state index in [-0.39, 0.29) is 17.9 Å². The number of nitrogens with zero attached hydrogens (tertiary/aromatic N) is 1. The number of hydrogen-bond acceptors (Lipinski definition) is 3. The van der Waals surface area contributed by atoms with Gasteiger partial charge in [0.05, 0.1) is 5.92 Å². The van der Waals surface area contributed by atoms with E-state index in [2.05, 4.69) is 15.6 Å². The molecule has 2 atom stereocenters. The third-order valence-electron chi connectivity index (χ3n) is 3.21. The molecular formula is C13H19N3O. The fraction of sp³-hybridized carbons (Fsp3) is 0.538. The van der Waals surface area contributed by atoms with Crippen LogP contribution in [-0.4, -0.2) is 23.5 Å². The van der Waals surface area contributed by atoms with E-state index in [1.165, 1.54) is 0 Å². The van der Waals surface area contributed by atoms with Gasteiger partial charge in [-0.2, -0.15) is 0 Å². The average Bonchev–Trinajstić information content (AvgIpc) is 2.62. The van der Waals surface area contributed by atoms with Gasteiger partial charge in [0, 0.05) is 11.7 Å². The maximum absolute atomic E-state index is 12.1. The minimum atomic E-state index is 0.0534. The first-order valence-electron chi connectivity index (χ1n) is 6.06. The number of amides is 1. The molecule has 1 aliphatic rings. The molecule has 1 amide bonds. The van der Waals surface area contributed by atoms with Crippen LogP contribution in [0.4, 0.5) is 5.82 Å². The van der Waals surface area contributed by atoms with Crippen molar-refractivity contribution in [1.82, 2.24) is 10.3 Å². The van der Waals surface area contributed by atoms with E-state index in [9.17, 15) is 4.79 Å². The van der Waals surface area contributed by atoms with E-state index >= 15 is 0 Å². The van der Waals surface area contributed by atoms with Crippen LogP contribution >= 0.6 is 0 Å². The predicted octanol–water partition coefficient (Wildman–Crippen LogP) is 1.63. The summed E-state index contributed by atoms with van der Waals surface area (Å²) < 4.78 is 0. The summed E-state index contributed by atoms with van der Waals surface area (Å²) >= 11 is 0. The van der Waals surface area contributed by atoms with Gasteiger partial charge in [0.15, 0.2) is 0 Å². The molecular weight excluding hydrogens is 214 g/mol. The molecule has 2 heterocycles. The van der Waals surface area contributed by atoms with Crippen molar-refractivity contribution in [2.75, 3.05) is 11.9 Å². The maximum Gasteiger partial charge on any atom is 0.230 e. The molecule has 17 heavy (non-hydrogen) atoms. The molecule has 0 spiro atoms. The molecule has 1 fully saturated rings. The highest BCUT2D eigenvalue weighted by Gasteiger charge is 2.29. The first-order valence-corrected chi connectivity index (χ1v) is 6.06. The molecule has 0 aromatic carbocycles. The Morgan fingerprint density at radius 3 is 2.82 bits per heavy atom. The average molecular weight is 233 g/mol. The molecule has 2 rings (SSSR count). The van der Waals surface area contributed by atoms with Crippen LogP contribution in [0.5, 0.6) is 0 Å². The smallest absolute Gasteiger partial charge is 0.230 e. The van der Waals surface area contributed by atoms with Crippen molar-refractivity contribution >= 4 is 11.7 Å². The minimum absolute atomic E-state index is 0.0534. The van der Waals surface area contributed by atoms with E-state index in [0.29, 0.717) is 5.82 Å². The second-order valence-electron chi connectivity index (χ2n) is 4.80. The Hall–Kier alpha value is -1.42. The molecule has 2 unspecified atom stereocenters. The van der Waals surface area contributed by atoms with E-state index in [4.69, 9.17) is 0 Å². The van der Waals surface area contributed by atoms with Gasteiger partial charge in [0.2, 0.25) is 5.91 Å². The number of nitrogens with one attached hydrogen (secondary N) is 2. The summed E-state index contributed by atoms with van der Waals surface area (Å²) in [6.45, 7) is 6.90. The first kappa shape index (κ1) is 12.0. The molecule has 0 aliphatic carbocycles. The molecule has 92 valence electrons. The molecule has 0 radical (unpaired) electrons. The van der Waals surface area contributed by atoms with Crippen molar-refractivity contribution in [2.24, 2.45) is 5.92 Å². The van der Waals surface area contributed by atoms with Crippen LogP contribution in [0.25, 0.3) is 0 Å². The zero-order valence-electron chi connectivity index (χ0n) is 10.6. The van der Waals surface area contributed by atoms with Crippen molar-refractivity contribution in [3.8, 4) is 0 Å². The molecule has 1 aromatic rings. The van der Waals surface area contributed by atoms with Gasteiger partial charge in [0.25, 0.3) is 0 Å². The first-order chi connectivity index (χ1) is 8.06. The number of pyridine rings is 1. The molecule has 4 nitrogen and oxygen atoms in total. The number of rotatable bonds is 2. The summed E-state index contributed by atoms with van der Waals surface area (Å²) in [5.74, 6) is 0.782. The Bertz CT molecular complexity index is 410. The number of anilines is 1. The summed E-state index contributed by atoms with van der Waals surface area (Å²) in [5.41, 5.74) is 2.04. The maximum atomic E-state index is 12.1. The van der Waals surface area contributed by atoms with Crippen LogP contribution in [0, 0.1) is 19.8 Å². The topological polar surface area (TPSA) is 54.0 Å². The molecule has 0 saturated carbocycles. The van der Waals surface area contributed by atoms with Crippen molar-refractivity contribution in [1.29, 1.82) is 0 Å². The van der Waals surface area contributed by atoms with E-state index in [1.807, 2.05) is 32.9 Å². The summed E-state index contributed by atoms with van der Waals surface area (Å²) in [6, 6.07) is 4.15. The lowest BCUT2D eigenvalue weighted by molar-refractivity contribution is -0.120. The number of carbonyl (C=O) groups is 1. The molecule has 1 aliphatic heterocycles. The monoisotopic (exact) mass is 233 g/mol. The Kier molecular flexibility index (Phi) is 3.43. The summed E-state index contributed by atoms with van der Waals surface area (Å²) in [4.78, 5) is 16.4. The molecule has 1 aromatic heterocycles. The van der Waals surface area contributed by atoms with Crippen LogP contribution in [-0.2, 0) is 4.79 Å². The zero-order chi connectivity index (χ0) is 12.4. The van der Waals surface area contributed by atoms with Crippen molar-refractivity contribution in [3.63, 3.8) is 0 Å². The van der Waals surface area contributed by atoms with Crippen LogP contribution in [0.2, 0.25) is 0 Å². The Labute approximate surface area is 102 Å². The van der Waals surface area contributed by atoms with Gasteiger partial charge in [0.1, 0.15) is 5.82 Å². The Morgan fingerprint density at radius 2 is 2.24 bits per heavy atom. The van der Waals surface area contributed by atoms with Crippen LogP contribution < -0.4 is 10.6 Å². The quantitative estimate of drug-likeness (QED) is 0.816. The van der Waals surface area contributed by atoms with Crippen LogP contribution in [0.3, 0.4) is 0 Å². The lowest BCUT2D eigenvalue weighted by atomic mass is 10.0. The van der Waals surface area contributed by atoms with Crippen molar-refractivity contribution in [3.05, 3.63) is 23.4 Å². The van der Waals surface area contributed by atoms with Crippen molar-refractivity contribution < 1.29 is 4.79 Å². The highest BCUT2D eigenvalue weighted by Crippen LogP contribution is 2.18.